The average molecular weight is 334 g/mol. The minimum absolute atomic E-state index is 0.0117. The van der Waals surface area contributed by atoms with Gasteiger partial charge in [0.25, 0.3) is 5.56 Å². The molecule has 6 heteroatoms. The van der Waals surface area contributed by atoms with E-state index in [-0.39, 0.29) is 17.5 Å². The minimum atomic E-state index is -0.148. The van der Waals surface area contributed by atoms with Crippen LogP contribution in [0.3, 0.4) is 0 Å². The number of aromatic nitrogens is 2. The molecule has 25 heavy (non-hydrogen) atoms. The molecule has 1 amide bonds. The molecular weight excluding hydrogens is 316 g/mol. The van der Waals surface area contributed by atoms with Gasteiger partial charge >= 0.3 is 0 Å². The van der Waals surface area contributed by atoms with Crippen molar-refractivity contribution in [1.29, 1.82) is 0 Å². The van der Waals surface area contributed by atoms with Crippen molar-refractivity contribution in [3.05, 3.63) is 64.7 Å². The van der Waals surface area contributed by atoms with E-state index in [1.165, 1.54) is 0 Å². The van der Waals surface area contributed by atoms with Crippen LogP contribution in [0.2, 0.25) is 0 Å². The van der Waals surface area contributed by atoms with E-state index in [0.29, 0.717) is 29.7 Å². The number of hydrogen-bond acceptors (Lipinski definition) is 4. The molecule has 4 rings (SSSR count). The third-order valence-corrected chi connectivity index (χ3v) is 4.48. The van der Waals surface area contributed by atoms with Gasteiger partial charge in [0, 0.05) is 12.5 Å². The number of carbonyl (C=O) groups excluding carboxylic acids is 1. The monoisotopic (exact) mass is 334 g/mol. The highest BCUT2D eigenvalue weighted by molar-refractivity contribution is 5.96. The normalized spacial score (nSPS) is 17.1. The summed E-state index contributed by atoms with van der Waals surface area (Å²) in [6.07, 6.45) is 0.381. The Morgan fingerprint density at radius 3 is 2.76 bits per heavy atom. The number of carbonyl (C=O) groups is 1. The van der Waals surface area contributed by atoms with Crippen LogP contribution in [0.25, 0.3) is 10.9 Å². The first kappa shape index (κ1) is 15.4. The minimum Gasteiger partial charge on any atom is -0.359 e. The van der Waals surface area contributed by atoms with Crippen LogP contribution in [-0.4, -0.2) is 21.9 Å². The highest BCUT2D eigenvalue weighted by Crippen LogP contribution is 2.31. The lowest BCUT2D eigenvalue weighted by atomic mass is 10.1. The van der Waals surface area contributed by atoms with Crippen molar-refractivity contribution in [1.82, 2.24) is 9.97 Å². The van der Waals surface area contributed by atoms with E-state index in [0.717, 1.165) is 11.4 Å². The van der Waals surface area contributed by atoms with E-state index in [9.17, 15) is 9.59 Å². The first-order valence-corrected chi connectivity index (χ1v) is 8.25. The van der Waals surface area contributed by atoms with Gasteiger partial charge in [-0.2, -0.15) is 0 Å². The van der Waals surface area contributed by atoms with E-state index in [1.807, 2.05) is 49.4 Å². The number of fused-ring (bicyclic) bond motifs is 2. The third-order valence-electron chi connectivity index (χ3n) is 4.48. The second-order valence-corrected chi connectivity index (χ2v) is 6.28. The van der Waals surface area contributed by atoms with Gasteiger partial charge in [-0.05, 0) is 31.2 Å². The molecule has 2 aromatic carbocycles. The van der Waals surface area contributed by atoms with Gasteiger partial charge in [-0.15, -0.1) is 0 Å². The van der Waals surface area contributed by atoms with Crippen LogP contribution in [0.4, 0.5) is 11.4 Å². The Bertz CT molecular complexity index is 1010. The van der Waals surface area contributed by atoms with Gasteiger partial charge in [0.15, 0.2) is 0 Å². The van der Waals surface area contributed by atoms with Gasteiger partial charge in [0.1, 0.15) is 5.82 Å². The van der Waals surface area contributed by atoms with E-state index >= 15 is 0 Å². The molecule has 1 aliphatic heterocycles. The topological polar surface area (TPSA) is 78.1 Å². The number of nitrogens with one attached hydrogen (secondary N) is 2. The molecule has 0 radical (unpaired) electrons. The average Bonchev–Trinajstić information content (AvgIpc) is 2.71. The van der Waals surface area contributed by atoms with E-state index in [4.69, 9.17) is 0 Å². The fourth-order valence-corrected chi connectivity index (χ4v) is 3.26. The highest BCUT2D eigenvalue weighted by Gasteiger charge is 2.25. The number of amides is 1. The van der Waals surface area contributed by atoms with Crippen LogP contribution in [0, 0.1) is 0 Å². The first-order valence-electron chi connectivity index (χ1n) is 8.25. The summed E-state index contributed by atoms with van der Waals surface area (Å²) < 4.78 is 0. The van der Waals surface area contributed by atoms with Crippen LogP contribution in [0.15, 0.2) is 53.3 Å². The van der Waals surface area contributed by atoms with E-state index < -0.39 is 0 Å². The van der Waals surface area contributed by atoms with Gasteiger partial charge in [-0.3, -0.25) is 9.59 Å². The third kappa shape index (κ3) is 2.87. The lowest BCUT2D eigenvalue weighted by Crippen LogP contribution is -2.34. The van der Waals surface area contributed by atoms with Crippen molar-refractivity contribution in [2.24, 2.45) is 0 Å². The van der Waals surface area contributed by atoms with Gasteiger partial charge < -0.3 is 15.2 Å². The summed E-state index contributed by atoms with van der Waals surface area (Å²) in [4.78, 5) is 33.9. The van der Waals surface area contributed by atoms with Crippen LogP contribution in [0.5, 0.6) is 0 Å². The Balaban J connectivity index is 1.77. The zero-order valence-corrected chi connectivity index (χ0v) is 13.8. The Morgan fingerprint density at radius 1 is 1.12 bits per heavy atom. The van der Waals surface area contributed by atoms with Crippen molar-refractivity contribution >= 4 is 28.2 Å². The van der Waals surface area contributed by atoms with Crippen molar-refractivity contribution in [2.75, 3.05) is 10.2 Å². The second-order valence-electron chi connectivity index (χ2n) is 6.28. The summed E-state index contributed by atoms with van der Waals surface area (Å²) in [6, 6.07) is 15.0. The molecule has 1 atom stereocenters. The molecule has 0 unspecified atom stereocenters. The molecule has 3 aromatic rings. The molecule has 0 fully saturated rings. The Kier molecular flexibility index (Phi) is 3.72. The summed E-state index contributed by atoms with van der Waals surface area (Å²) in [5, 5.41) is 3.51. The molecule has 2 N–H and O–H groups in total. The first-order chi connectivity index (χ1) is 12.1. The maximum absolute atomic E-state index is 12.3. The van der Waals surface area contributed by atoms with E-state index in [1.54, 1.807) is 6.07 Å². The molecule has 0 bridgehead atoms. The number of nitrogens with zero attached hydrogens (tertiary/aromatic N) is 2. The second kappa shape index (κ2) is 6.05. The molecular formula is C19H18N4O2. The predicted molar refractivity (Wildman–Crippen MR) is 97.7 cm³/mol. The van der Waals surface area contributed by atoms with Gasteiger partial charge in [0.2, 0.25) is 5.91 Å². The fraction of sp³-hybridized carbons (Fsp3) is 0.211. The van der Waals surface area contributed by atoms with Gasteiger partial charge in [-0.1, -0.05) is 24.3 Å². The maximum atomic E-state index is 12.3. The van der Waals surface area contributed by atoms with Crippen molar-refractivity contribution < 1.29 is 4.79 Å². The molecule has 1 aliphatic rings. The molecule has 0 saturated heterocycles. The Hall–Kier alpha value is -3.15. The number of benzene rings is 2. The van der Waals surface area contributed by atoms with Gasteiger partial charge in [0.05, 0.1) is 28.8 Å². The van der Waals surface area contributed by atoms with Crippen LogP contribution in [-0.2, 0) is 11.3 Å². The van der Waals surface area contributed by atoms with Crippen molar-refractivity contribution in [3.8, 4) is 0 Å². The van der Waals surface area contributed by atoms with Gasteiger partial charge in [-0.25, -0.2) is 4.98 Å². The Morgan fingerprint density at radius 2 is 1.88 bits per heavy atom. The number of aromatic amines is 1. The molecule has 1 aromatic heterocycles. The SMILES string of the molecule is C[C@@H]1CC(=O)Nc2ccccc2N1Cc1nc2ccccc2c(=O)[nH]1. The number of anilines is 2. The van der Waals surface area contributed by atoms with E-state index in [2.05, 4.69) is 20.2 Å². The standard InChI is InChI=1S/C19H18N4O2/c1-12-10-18(24)21-15-8-4-5-9-16(15)23(12)11-17-20-14-7-3-2-6-13(14)19(25)22-17/h2-9,12H,10-11H2,1H3,(H,21,24)(H,20,22,25)/t12-/m1/s1. The molecule has 6 nitrogen and oxygen atoms in total. The van der Waals surface area contributed by atoms with Crippen LogP contribution < -0.4 is 15.8 Å². The summed E-state index contributed by atoms with van der Waals surface area (Å²) in [6.45, 7) is 2.42. The van der Waals surface area contributed by atoms with Crippen molar-refractivity contribution in [3.63, 3.8) is 0 Å². The molecule has 2 heterocycles. The summed E-state index contributed by atoms with van der Waals surface area (Å²) in [5.41, 5.74) is 2.23. The van der Waals surface area contributed by atoms with Crippen LogP contribution in [0.1, 0.15) is 19.2 Å². The molecule has 0 aliphatic carbocycles. The summed E-state index contributed by atoms with van der Waals surface area (Å²) >= 11 is 0. The lowest BCUT2D eigenvalue weighted by molar-refractivity contribution is -0.116. The summed E-state index contributed by atoms with van der Waals surface area (Å²) in [5.74, 6) is 0.571. The number of H-pyrrole nitrogens is 1. The van der Waals surface area contributed by atoms with Crippen molar-refractivity contribution in [2.45, 2.75) is 25.9 Å². The molecule has 0 saturated carbocycles. The Labute approximate surface area is 144 Å². The summed E-state index contributed by atoms with van der Waals surface area (Å²) in [7, 11) is 0. The number of rotatable bonds is 2. The quantitative estimate of drug-likeness (QED) is 0.755. The molecule has 126 valence electrons. The number of para-hydroxylation sites is 3. The molecule has 0 spiro atoms. The fourth-order valence-electron chi connectivity index (χ4n) is 3.26. The highest BCUT2D eigenvalue weighted by atomic mass is 16.1. The largest absolute Gasteiger partial charge is 0.359 e. The zero-order chi connectivity index (χ0) is 17.4. The zero-order valence-electron chi connectivity index (χ0n) is 13.8. The smallest absolute Gasteiger partial charge is 0.258 e. The predicted octanol–water partition coefficient (Wildman–Crippen LogP) is 2.66. The maximum Gasteiger partial charge on any atom is 0.258 e. The van der Waals surface area contributed by atoms with Crippen LogP contribution >= 0.6 is 0 Å². The number of hydrogen-bond donors (Lipinski definition) is 2. The lowest BCUT2D eigenvalue weighted by Gasteiger charge is -2.29.